The van der Waals surface area contributed by atoms with Crippen LogP contribution in [0.3, 0.4) is 0 Å². The molecule has 8 heteroatoms. The van der Waals surface area contributed by atoms with Gasteiger partial charge in [-0.2, -0.15) is 13.2 Å². The fourth-order valence-electron chi connectivity index (χ4n) is 1.20. The van der Waals surface area contributed by atoms with Gasteiger partial charge in [0.15, 0.2) is 5.78 Å². The Morgan fingerprint density at radius 3 is 2.41 bits per heavy atom. The summed E-state index contributed by atoms with van der Waals surface area (Å²) in [6.45, 7) is 0. The van der Waals surface area contributed by atoms with Gasteiger partial charge in [0, 0.05) is 17.7 Å². The molecule has 0 saturated heterocycles. The zero-order valence-corrected chi connectivity index (χ0v) is 8.88. The van der Waals surface area contributed by atoms with Gasteiger partial charge < -0.3 is 0 Å². The van der Waals surface area contributed by atoms with Gasteiger partial charge in [-0.05, 0) is 6.07 Å². The largest absolute Gasteiger partial charge is 0.417 e. The lowest BCUT2D eigenvalue weighted by Crippen LogP contribution is -2.14. The molecule has 0 aliphatic rings. The van der Waals surface area contributed by atoms with E-state index in [4.69, 9.17) is 11.6 Å². The minimum Gasteiger partial charge on any atom is -0.293 e. The normalized spacial score (nSPS) is 11.3. The molecule has 0 unspecified atom stereocenters. The number of carbonyl (C=O) groups is 1. The number of benzene rings is 1. The van der Waals surface area contributed by atoms with Crippen LogP contribution < -0.4 is 0 Å². The first-order valence-corrected chi connectivity index (χ1v) is 4.75. The molecular weight excluding hydrogens is 263 g/mol. The number of non-ortho nitro benzene ring substituents is 1. The third-order valence-electron chi connectivity index (χ3n) is 1.94. The molecule has 0 bridgehead atoms. The van der Waals surface area contributed by atoms with Crippen molar-refractivity contribution >= 4 is 23.1 Å². The summed E-state index contributed by atoms with van der Waals surface area (Å²) in [5, 5.41) is 10.4. The van der Waals surface area contributed by atoms with E-state index in [-0.39, 0.29) is 0 Å². The predicted molar refractivity (Wildman–Crippen MR) is 53.1 cm³/mol. The van der Waals surface area contributed by atoms with Crippen LogP contribution in [0.15, 0.2) is 18.2 Å². The van der Waals surface area contributed by atoms with Crippen molar-refractivity contribution in [3.05, 3.63) is 39.4 Å². The number of hydrogen-bond acceptors (Lipinski definition) is 3. The van der Waals surface area contributed by atoms with Gasteiger partial charge in [0.1, 0.15) is 0 Å². The molecule has 1 rings (SSSR count). The van der Waals surface area contributed by atoms with E-state index >= 15 is 0 Å². The van der Waals surface area contributed by atoms with Gasteiger partial charge in [0.2, 0.25) is 0 Å². The van der Waals surface area contributed by atoms with Crippen LogP contribution in [-0.4, -0.2) is 16.6 Å². The fourth-order valence-corrected chi connectivity index (χ4v) is 1.34. The van der Waals surface area contributed by atoms with E-state index in [1.165, 1.54) is 0 Å². The average molecular weight is 268 g/mol. The predicted octanol–water partition coefficient (Wildman–Crippen LogP) is 3.04. The van der Waals surface area contributed by atoms with Crippen LogP contribution >= 0.6 is 11.6 Å². The van der Waals surface area contributed by atoms with Crippen molar-refractivity contribution in [2.75, 3.05) is 5.88 Å². The molecular formula is C9H5ClF3NO3. The summed E-state index contributed by atoms with van der Waals surface area (Å²) in [4.78, 5) is 20.7. The SMILES string of the molecule is O=C(CCl)c1cc([N+](=O)[O-])ccc1C(F)(F)F. The number of nitro groups is 1. The quantitative estimate of drug-likeness (QED) is 0.366. The highest BCUT2D eigenvalue weighted by molar-refractivity contribution is 6.30. The number of nitrogens with zero attached hydrogens (tertiary/aromatic N) is 1. The van der Waals surface area contributed by atoms with Gasteiger partial charge in [-0.25, -0.2) is 0 Å². The zero-order valence-electron chi connectivity index (χ0n) is 8.12. The van der Waals surface area contributed by atoms with Crippen molar-refractivity contribution in [1.29, 1.82) is 0 Å². The second-order valence-corrected chi connectivity index (χ2v) is 3.31. The van der Waals surface area contributed by atoms with E-state index in [1.54, 1.807) is 0 Å². The fraction of sp³-hybridized carbons (Fsp3) is 0.222. The molecule has 0 heterocycles. The number of ketones is 1. The molecule has 0 saturated carbocycles. The van der Waals surface area contributed by atoms with Gasteiger partial charge in [-0.3, -0.25) is 14.9 Å². The molecule has 0 radical (unpaired) electrons. The van der Waals surface area contributed by atoms with E-state index in [0.29, 0.717) is 18.2 Å². The van der Waals surface area contributed by atoms with Crippen LogP contribution in [-0.2, 0) is 6.18 Å². The van der Waals surface area contributed by atoms with Crippen molar-refractivity contribution < 1.29 is 22.9 Å². The smallest absolute Gasteiger partial charge is 0.293 e. The van der Waals surface area contributed by atoms with E-state index in [2.05, 4.69) is 0 Å². The zero-order chi connectivity index (χ0) is 13.2. The molecule has 0 atom stereocenters. The number of nitro benzene ring substituents is 1. The molecule has 0 spiro atoms. The van der Waals surface area contributed by atoms with Crippen molar-refractivity contribution in [2.45, 2.75) is 6.18 Å². The summed E-state index contributed by atoms with van der Waals surface area (Å²) >= 11 is 5.15. The third kappa shape index (κ3) is 2.94. The maximum Gasteiger partial charge on any atom is 0.417 e. The Balaban J connectivity index is 3.42. The number of Topliss-reactive ketones (excluding diaryl/α,β-unsaturated/α-hetero) is 1. The second-order valence-electron chi connectivity index (χ2n) is 3.04. The van der Waals surface area contributed by atoms with Crippen molar-refractivity contribution in [3.63, 3.8) is 0 Å². The Kier molecular flexibility index (Phi) is 3.72. The van der Waals surface area contributed by atoms with Crippen LogP contribution in [0.4, 0.5) is 18.9 Å². The van der Waals surface area contributed by atoms with Crippen molar-refractivity contribution in [1.82, 2.24) is 0 Å². The van der Waals surface area contributed by atoms with Crippen LogP contribution in [0.1, 0.15) is 15.9 Å². The number of carbonyl (C=O) groups excluding carboxylic acids is 1. The average Bonchev–Trinajstić information content (AvgIpc) is 2.25. The number of hydrogen-bond donors (Lipinski definition) is 0. The molecule has 0 amide bonds. The minimum atomic E-state index is -4.76. The Morgan fingerprint density at radius 2 is 2.00 bits per heavy atom. The Morgan fingerprint density at radius 1 is 1.41 bits per heavy atom. The van der Waals surface area contributed by atoms with Crippen LogP contribution in [0.2, 0.25) is 0 Å². The summed E-state index contributed by atoms with van der Waals surface area (Å²) in [7, 11) is 0. The summed E-state index contributed by atoms with van der Waals surface area (Å²) in [5.74, 6) is -1.69. The van der Waals surface area contributed by atoms with Gasteiger partial charge in [0.05, 0.1) is 16.4 Å². The molecule has 1 aromatic rings. The molecule has 92 valence electrons. The third-order valence-corrected chi connectivity index (χ3v) is 2.18. The number of alkyl halides is 4. The first-order chi connectivity index (χ1) is 7.77. The van der Waals surface area contributed by atoms with Crippen molar-refractivity contribution in [3.8, 4) is 0 Å². The van der Waals surface area contributed by atoms with Crippen molar-refractivity contribution in [2.24, 2.45) is 0 Å². The highest BCUT2D eigenvalue weighted by Gasteiger charge is 2.35. The van der Waals surface area contributed by atoms with E-state index < -0.39 is 39.6 Å². The molecule has 0 aliphatic heterocycles. The molecule has 0 aromatic heterocycles. The lowest BCUT2D eigenvalue weighted by molar-refractivity contribution is -0.384. The lowest BCUT2D eigenvalue weighted by Gasteiger charge is -2.10. The topological polar surface area (TPSA) is 60.2 Å². The summed E-state index contributed by atoms with van der Waals surface area (Å²) < 4.78 is 37.5. The molecule has 0 fully saturated rings. The van der Waals surface area contributed by atoms with Gasteiger partial charge in [-0.1, -0.05) is 0 Å². The molecule has 17 heavy (non-hydrogen) atoms. The summed E-state index contributed by atoms with van der Waals surface area (Å²) in [5.41, 5.74) is -2.61. The standard InChI is InChI=1S/C9H5ClF3NO3/c10-4-8(15)6-3-5(14(16)17)1-2-7(6)9(11,12)13/h1-3H,4H2. The van der Waals surface area contributed by atoms with Crippen LogP contribution in [0, 0.1) is 10.1 Å². The van der Waals surface area contributed by atoms with E-state index in [0.717, 1.165) is 0 Å². The summed E-state index contributed by atoms with van der Waals surface area (Å²) in [6.07, 6.45) is -4.76. The van der Waals surface area contributed by atoms with E-state index in [1.807, 2.05) is 0 Å². The van der Waals surface area contributed by atoms with Gasteiger partial charge >= 0.3 is 6.18 Å². The lowest BCUT2D eigenvalue weighted by atomic mass is 10.0. The van der Waals surface area contributed by atoms with Crippen LogP contribution in [0.5, 0.6) is 0 Å². The first kappa shape index (κ1) is 13.4. The summed E-state index contributed by atoms with van der Waals surface area (Å²) in [6, 6.07) is 1.76. The number of halogens is 4. The Labute approximate surface area is 98.1 Å². The molecule has 0 N–H and O–H groups in total. The minimum absolute atomic E-state index is 0.498. The van der Waals surface area contributed by atoms with Gasteiger partial charge in [-0.15, -0.1) is 11.6 Å². The maximum absolute atomic E-state index is 12.5. The van der Waals surface area contributed by atoms with E-state index in [9.17, 15) is 28.1 Å². The first-order valence-electron chi connectivity index (χ1n) is 4.22. The molecule has 4 nitrogen and oxygen atoms in total. The maximum atomic E-state index is 12.5. The Hall–Kier alpha value is -1.63. The van der Waals surface area contributed by atoms with Crippen LogP contribution in [0.25, 0.3) is 0 Å². The highest BCUT2D eigenvalue weighted by atomic mass is 35.5. The highest BCUT2D eigenvalue weighted by Crippen LogP contribution is 2.34. The monoisotopic (exact) mass is 267 g/mol. The second kappa shape index (κ2) is 4.70. The Bertz CT molecular complexity index is 473. The number of rotatable bonds is 3. The molecule has 1 aromatic carbocycles. The molecule has 0 aliphatic carbocycles. The van der Waals surface area contributed by atoms with Gasteiger partial charge in [0.25, 0.3) is 5.69 Å².